The predicted octanol–water partition coefficient (Wildman–Crippen LogP) is 0.948. The summed E-state index contributed by atoms with van der Waals surface area (Å²) in [5, 5.41) is 0. The van der Waals surface area contributed by atoms with Gasteiger partial charge in [0, 0.05) is 24.3 Å². The van der Waals surface area contributed by atoms with Gasteiger partial charge in [-0.15, -0.1) is 0 Å². The summed E-state index contributed by atoms with van der Waals surface area (Å²) in [5.41, 5.74) is 2.77. The number of hydrogen-bond acceptors (Lipinski definition) is 2. The van der Waals surface area contributed by atoms with E-state index in [1.165, 1.54) is 11.3 Å². The van der Waals surface area contributed by atoms with Crippen LogP contribution < -0.4 is 9.80 Å². The topological polar surface area (TPSA) is 16.9 Å². The van der Waals surface area contributed by atoms with Crippen LogP contribution in [0.1, 0.15) is 19.4 Å². The number of nitrogens with one attached hydrogen (secondary N) is 1. The smallest absolute Gasteiger partial charge is 0.103 e. The monoisotopic (exact) mass is 249 g/mol. The molecule has 0 amide bonds. The highest BCUT2D eigenvalue weighted by molar-refractivity contribution is 5.47. The van der Waals surface area contributed by atoms with E-state index in [1.54, 1.807) is 4.90 Å². The molecule has 1 aromatic carbocycles. The summed E-state index contributed by atoms with van der Waals surface area (Å²) in [5.74, 6) is 0. The van der Waals surface area contributed by atoms with Gasteiger partial charge >= 0.3 is 0 Å². The fraction of sp³-hybridized carbons (Fsp3) is 0.600. The second-order valence-corrected chi connectivity index (χ2v) is 4.88. The van der Waals surface area contributed by atoms with Crippen molar-refractivity contribution < 1.29 is 9.64 Å². The molecule has 0 aromatic heterocycles. The number of nitrogens with zero attached hydrogens (tertiary/aromatic N) is 1. The van der Waals surface area contributed by atoms with E-state index in [2.05, 4.69) is 43.0 Å². The van der Waals surface area contributed by atoms with Crippen molar-refractivity contribution in [3.63, 3.8) is 0 Å². The quantitative estimate of drug-likeness (QED) is 0.837. The van der Waals surface area contributed by atoms with Crippen LogP contribution in [0.25, 0.3) is 0 Å². The van der Waals surface area contributed by atoms with Crippen LogP contribution in [-0.4, -0.2) is 39.4 Å². The average molecular weight is 249 g/mol. The number of morpholine rings is 1. The van der Waals surface area contributed by atoms with Crippen molar-refractivity contribution in [2.45, 2.75) is 20.4 Å². The first-order valence-corrected chi connectivity index (χ1v) is 7.08. The number of quaternary nitrogens is 1. The minimum atomic E-state index is 0.910. The van der Waals surface area contributed by atoms with E-state index in [-0.39, 0.29) is 0 Å². The zero-order valence-electron chi connectivity index (χ0n) is 11.6. The Morgan fingerprint density at radius 3 is 2.22 bits per heavy atom. The van der Waals surface area contributed by atoms with Crippen molar-refractivity contribution in [1.29, 1.82) is 0 Å². The van der Waals surface area contributed by atoms with Crippen LogP contribution >= 0.6 is 0 Å². The molecule has 0 radical (unpaired) electrons. The Balaban J connectivity index is 1.94. The molecule has 18 heavy (non-hydrogen) atoms. The van der Waals surface area contributed by atoms with E-state index in [9.17, 15) is 0 Å². The summed E-state index contributed by atoms with van der Waals surface area (Å²) in [4.78, 5) is 4.02. The molecule has 2 rings (SSSR count). The van der Waals surface area contributed by atoms with Crippen LogP contribution in [-0.2, 0) is 11.3 Å². The van der Waals surface area contributed by atoms with Gasteiger partial charge in [0.2, 0.25) is 0 Å². The lowest BCUT2D eigenvalue weighted by molar-refractivity contribution is -0.921. The summed E-state index contributed by atoms with van der Waals surface area (Å²) < 4.78 is 5.39. The molecule has 3 nitrogen and oxygen atoms in total. The molecule has 0 saturated carbocycles. The molecule has 1 aliphatic heterocycles. The zero-order chi connectivity index (χ0) is 12.8. The van der Waals surface area contributed by atoms with Crippen molar-refractivity contribution in [3.05, 3.63) is 29.8 Å². The lowest BCUT2D eigenvalue weighted by Crippen LogP contribution is -3.12. The van der Waals surface area contributed by atoms with Crippen molar-refractivity contribution >= 4 is 5.69 Å². The molecule has 1 aromatic rings. The lowest BCUT2D eigenvalue weighted by atomic mass is 10.1. The molecule has 1 N–H and O–H groups in total. The van der Waals surface area contributed by atoms with Crippen LogP contribution in [0.2, 0.25) is 0 Å². The lowest BCUT2D eigenvalue weighted by Gasteiger charge is -2.24. The Labute approximate surface area is 110 Å². The molecule has 0 unspecified atom stereocenters. The second-order valence-electron chi connectivity index (χ2n) is 4.88. The third-order valence-corrected chi connectivity index (χ3v) is 3.72. The molecule has 1 fully saturated rings. The van der Waals surface area contributed by atoms with Crippen LogP contribution in [0.5, 0.6) is 0 Å². The van der Waals surface area contributed by atoms with E-state index < -0.39 is 0 Å². The number of anilines is 1. The summed E-state index contributed by atoms with van der Waals surface area (Å²) >= 11 is 0. The van der Waals surface area contributed by atoms with Gasteiger partial charge in [-0.3, -0.25) is 0 Å². The highest BCUT2D eigenvalue weighted by Gasteiger charge is 2.14. The Kier molecular flexibility index (Phi) is 5.02. The van der Waals surface area contributed by atoms with E-state index in [4.69, 9.17) is 4.74 Å². The minimum Gasteiger partial charge on any atom is -0.372 e. The minimum absolute atomic E-state index is 0.910. The molecule has 0 atom stereocenters. The molecular weight excluding hydrogens is 224 g/mol. The van der Waals surface area contributed by atoms with Crippen molar-refractivity contribution in [3.8, 4) is 0 Å². The van der Waals surface area contributed by atoms with Crippen LogP contribution in [0.15, 0.2) is 24.3 Å². The Morgan fingerprint density at radius 1 is 1.06 bits per heavy atom. The van der Waals surface area contributed by atoms with Gasteiger partial charge in [0.05, 0.1) is 13.2 Å². The maximum Gasteiger partial charge on any atom is 0.103 e. The fourth-order valence-electron chi connectivity index (χ4n) is 2.54. The number of benzene rings is 1. The highest BCUT2D eigenvalue weighted by atomic mass is 16.5. The molecule has 1 aliphatic rings. The van der Waals surface area contributed by atoms with Gasteiger partial charge in [0.25, 0.3) is 0 Å². The van der Waals surface area contributed by atoms with E-state index in [0.717, 1.165) is 45.9 Å². The normalized spacial score (nSPS) is 16.8. The summed E-state index contributed by atoms with van der Waals surface area (Å²) in [6, 6.07) is 9.05. The molecule has 0 bridgehead atoms. The Bertz CT molecular complexity index is 340. The first kappa shape index (κ1) is 13.4. The molecule has 100 valence electrons. The van der Waals surface area contributed by atoms with Crippen LogP contribution in [0, 0.1) is 0 Å². The predicted molar refractivity (Wildman–Crippen MR) is 75.2 cm³/mol. The summed E-state index contributed by atoms with van der Waals surface area (Å²) in [6.45, 7) is 11.8. The van der Waals surface area contributed by atoms with Crippen molar-refractivity contribution in [1.82, 2.24) is 0 Å². The van der Waals surface area contributed by atoms with Gasteiger partial charge in [0.1, 0.15) is 19.6 Å². The van der Waals surface area contributed by atoms with E-state index in [1.807, 2.05) is 0 Å². The van der Waals surface area contributed by atoms with E-state index >= 15 is 0 Å². The van der Waals surface area contributed by atoms with Gasteiger partial charge in [-0.05, 0) is 26.0 Å². The van der Waals surface area contributed by atoms with Gasteiger partial charge in [-0.25, -0.2) is 0 Å². The average Bonchev–Trinajstić information content (AvgIpc) is 2.43. The highest BCUT2D eigenvalue weighted by Crippen LogP contribution is 2.14. The summed E-state index contributed by atoms with van der Waals surface area (Å²) in [6.07, 6.45) is 0. The van der Waals surface area contributed by atoms with Gasteiger partial charge < -0.3 is 14.5 Å². The SMILES string of the molecule is CCN(CC)c1ccc(C[NH+]2CCOCC2)cc1. The first-order chi connectivity index (χ1) is 8.83. The zero-order valence-corrected chi connectivity index (χ0v) is 11.6. The van der Waals surface area contributed by atoms with Crippen LogP contribution in [0.4, 0.5) is 5.69 Å². The van der Waals surface area contributed by atoms with Crippen molar-refractivity contribution in [2.24, 2.45) is 0 Å². The van der Waals surface area contributed by atoms with Crippen molar-refractivity contribution in [2.75, 3.05) is 44.3 Å². The number of hydrogen-bond donors (Lipinski definition) is 1. The Morgan fingerprint density at radius 2 is 1.67 bits per heavy atom. The second kappa shape index (κ2) is 6.76. The van der Waals surface area contributed by atoms with Crippen LogP contribution in [0.3, 0.4) is 0 Å². The first-order valence-electron chi connectivity index (χ1n) is 7.08. The van der Waals surface area contributed by atoms with Gasteiger partial charge in [-0.1, -0.05) is 12.1 Å². The third-order valence-electron chi connectivity index (χ3n) is 3.72. The molecular formula is C15H25N2O+. The summed E-state index contributed by atoms with van der Waals surface area (Å²) in [7, 11) is 0. The number of rotatable bonds is 5. The largest absolute Gasteiger partial charge is 0.372 e. The van der Waals surface area contributed by atoms with E-state index in [0.29, 0.717) is 0 Å². The third kappa shape index (κ3) is 3.47. The van der Waals surface area contributed by atoms with Gasteiger partial charge in [0.15, 0.2) is 0 Å². The maximum absolute atomic E-state index is 5.39. The molecule has 3 heteroatoms. The maximum atomic E-state index is 5.39. The van der Waals surface area contributed by atoms with Gasteiger partial charge in [-0.2, -0.15) is 0 Å². The molecule has 0 spiro atoms. The Hall–Kier alpha value is -1.06. The number of ether oxygens (including phenoxy) is 1. The fourth-order valence-corrected chi connectivity index (χ4v) is 2.54. The molecule has 0 aliphatic carbocycles. The standard InChI is InChI=1S/C15H24N2O/c1-3-17(4-2)15-7-5-14(6-8-15)13-16-9-11-18-12-10-16/h5-8H,3-4,9-13H2,1-2H3/p+1. The molecule has 1 saturated heterocycles. The molecule has 1 heterocycles.